The number of ketones is 1. The first-order chi connectivity index (χ1) is 21.6. The molecule has 5 aromatic rings. The molecule has 5 aromatic carbocycles. The quantitative estimate of drug-likeness (QED) is 0.151. The van der Waals surface area contributed by atoms with Crippen molar-refractivity contribution in [2.75, 3.05) is 11.9 Å². The van der Waals surface area contributed by atoms with Crippen molar-refractivity contribution in [3.8, 4) is 5.75 Å². The highest BCUT2D eigenvalue weighted by Crippen LogP contribution is 2.36. The number of aliphatic carboxylic acids is 1. The second-order valence-electron chi connectivity index (χ2n) is 10.9. The Labute approximate surface area is 257 Å². The minimum atomic E-state index is -0.995. The molecule has 0 amide bonds. The highest BCUT2D eigenvalue weighted by molar-refractivity contribution is 6.12. The summed E-state index contributed by atoms with van der Waals surface area (Å²) in [6.45, 7) is 0.928. The van der Waals surface area contributed by atoms with Crippen LogP contribution in [0, 0.1) is 0 Å². The minimum absolute atomic E-state index is 0.0710. The van der Waals surface area contributed by atoms with Gasteiger partial charge in [-0.15, -0.1) is 0 Å². The number of ether oxygens (including phenoxy) is 1. The van der Waals surface area contributed by atoms with E-state index in [2.05, 4.69) is 58.7 Å². The Bertz CT molecular complexity index is 1650. The molecule has 2 unspecified atom stereocenters. The zero-order valence-corrected chi connectivity index (χ0v) is 24.3. The lowest BCUT2D eigenvalue weighted by atomic mass is 9.94. The van der Waals surface area contributed by atoms with E-state index in [1.807, 2.05) is 54.6 Å². The van der Waals surface area contributed by atoms with Crippen molar-refractivity contribution in [3.05, 3.63) is 167 Å². The van der Waals surface area contributed by atoms with Gasteiger partial charge in [-0.05, 0) is 41.0 Å². The van der Waals surface area contributed by atoms with Crippen molar-refractivity contribution in [1.82, 2.24) is 4.90 Å². The summed E-state index contributed by atoms with van der Waals surface area (Å²) in [6, 6.07) is 43.8. The van der Waals surface area contributed by atoms with Crippen LogP contribution < -0.4 is 10.1 Å². The van der Waals surface area contributed by atoms with Gasteiger partial charge in [0.05, 0.1) is 6.04 Å². The van der Waals surface area contributed by atoms with Crippen LogP contribution in [0.5, 0.6) is 5.75 Å². The Morgan fingerprint density at radius 2 is 1.32 bits per heavy atom. The largest absolute Gasteiger partial charge is 0.480 e. The molecule has 0 bridgehead atoms. The van der Waals surface area contributed by atoms with E-state index in [-0.39, 0.29) is 24.5 Å². The Hall–Kier alpha value is -5.20. The van der Waals surface area contributed by atoms with Crippen LogP contribution in [0.3, 0.4) is 0 Å². The zero-order chi connectivity index (χ0) is 30.3. The summed E-state index contributed by atoms with van der Waals surface area (Å²) in [5.41, 5.74) is 4.77. The van der Waals surface area contributed by atoms with Crippen LogP contribution in [0.1, 0.15) is 45.1 Å². The summed E-state index contributed by atoms with van der Waals surface area (Å²) < 4.78 is 6.43. The van der Waals surface area contributed by atoms with Gasteiger partial charge < -0.3 is 15.2 Å². The minimum Gasteiger partial charge on any atom is -0.480 e. The Balaban J connectivity index is 1.13. The van der Waals surface area contributed by atoms with E-state index in [9.17, 15) is 14.7 Å². The molecule has 2 atom stereocenters. The van der Waals surface area contributed by atoms with Crippen molar-refractivity contribution >= 4 is 17.4 Å². The molecule has 1 aliphatic heterocycles. The van der Waals surface area contributed by atoms with Gasteiger partial charge >= 0.3 is 5.97 Å². The molecule has 1 saturated heterocycles. The Kier molecular flexibility index (Phi) is 8.80. The van der Waals surface area contributed by atoms with Crippen LogP contribution in [-0.2, 0) is 11.2 Å². The van der Waals surface area contributed by atoms with Crippen LogP contribution in [0.4, 0.5) is 5.69 Å². The monoisotopic (exact) mass is 582 g/mol. The van der Waals surface area contributed by atoms with Crippen LogP contribution in [0.15, 0.2) is 140 Å². The molecule has 6 rings (SSSR count). The molecule has 220 valence electrons. The van der Waals surface area contributed by atoms with Crippen molar-refractivity contribution in [2.24, 2.45) is 0 Å². The maximum Gasteiger partial charge on any atom is 0.326 e. The van der Waals surface area contributed by atoms with Crippen LogP contribution in [-0.4, -0.2) is 40.6 Å². The van der Waals surface area contributed by atoms with Crippen molar-refractivity contribution in [2.45, 2.75) is 31.2 Å². The molecule has 6 heteroatoms. The number of rotatable bonds is 12. The number of hydrogen-bond donors (Lipinski definition) is 2. The van der Waals surface area contributed by atoms with Crippen molar-refractivity contribution < 1.29 is 19.4 Å². The zero-order valence-electron chi connectivity index (χ0n) is 24.3. The lowest BCUT2D eigenvalue weighted by Crippen LogP contribution is -2.52. The SMILES string of the molecule is O=C(c1ccccc1)c1ccccc1NC(Cc1ccc(OC2CCN2C(c2ccccc2)c2ccccc2)cc1)C(=O)O. The molecule has 0 radical (unpaired) electrons. The van der Waals surface area contributed by atoms with Gasteiger partial charge in [0, 0.05) is 36.2 Å². The van der Waals surface area contributed by atoms with E-state index < -0.39 is 12.0 Å². The lowest BCUT2D eigenvalue weighted by Gasteiger charge is -2.45. The third kappa shape index (κ3) is 6.56. The van der Waals surface area contributed by atoms with Gasteiger partial charge in [0.2, 0.25) is 0 Å². The van der Waals surface area contributed by atoms with Gasteiger partial charge in [-0.25, -0.2) is 4.79 Å². The average molecular weight is 583 g/mol. The Morgan fingerprint density at radius 1 is 0.750 bits per heavy atom. The molecule has 1 heterocycles. The maximum atomic E-state index is 13.2. The van der Waals surface area contributed by atoms with Crippen molar-refractivity contribution in [1.29, 1.82) is 0 Å². The molecule has 1 aliphatic rings. The average Bonchev–Trinajstić information content (AvgIpc) is 3.07. The van der Waals surface area contributed by atoms with Gasteiger partial charge in [-0.2, -0.15) is 0 Å². The fraction of sp³-hybridized carbons (Fsp3) is 0.158. The molecule has 0 saturated carbocycles. The van der Waals surface area contributed by atoms with E-state index in [1.165, 1.54) is 11.1 Å². The normalized spacial score (nSPS) is 15.2. The molecule has 0 aliphatic carbocycles. The lowest BCUT2D eigenvalue weighted by molar-refractivity contribution is -0.137. The standard InChI is InChI=1S/C38H34N2O4/c41-37(30-16-8-3-9-17-30)32-18-10-11-19-33(32)39-34(38(42)43)26-27-20-22-31(23-21-27)44-35-24-25-40(35)36(28-12-4-1-5-13-28)29-14-6-2-7-15-29/h1-23,34-36,39H,24-26H2,(H,42,43). The first kappa shape index (κ1) is 28.9. The molecular formula is C38H34N2O4. The number of hydrogen-bond acceptors (Lipinski definition) is 5. The molecule has 2 N–H and O–H groups in total. The summed E-state index contributed by atoms with van der Waals surface area (Å²) >= 11 is 0. The molecule has 44 heavy (non-hydrogen) atoms. The number of carbonyl (C=O) groups is 2. The number of carboxylic acids is 1. The highest BCUT2D eigenvalue weighted by atomic mass is 16.5. The van der Waals surface area contributed by atoms with E-state index in [1.54, 1.807) is 36.4 Å². The van der Waals surface area contributed by atoms with E-state index in [4.69, 9.17) is 4.74 Å². The van der Waals surface area contributed by atoms with E-state index >= 15 is 0 Å². The molecule has 6 nitrogen and oxygen atoms in total. The number of para-hydroxylation sites is 1. The summed E-state index contributed by atoms with van der Waals surface area (Å²) in [4.78, 5) is 27.8. The Morgan fingerprint density at radius 3 is 1.89 bits per heavy atom. The second kappa shape index (κ2) is 13.4. The first-order valence-electron chi connectivity index (χ1n) is 14.9. The summed E-state index contributed by atoms with van der Waals surface area (Å²) in [6.07, 6.45) is 1.09. The maximum absolute atomic E-state index is 13.2. The number of likely N-dealkylation sites (tertiary alicyclic amines) is 1. The second-order valence-corrected chi connectivity index (χ2v) is 10.9. The topological polar surface area (TPSA) is 78.9 Å². The van der Waals surface area contributed by atoms with Gasteiger partial charge in [-0.1, -0.05) is 115 Å². The van der Waals surface area contributed by atoms with Gasteiger partial charge in [0.15, 0.2) is 12.0 Å². The van der Waals surface area contributed by atoms with Gasteiger partial charge in [0.25, 0.3) is 0 Å². The number of nitrogens with zero attached hydrogens (tertiary/aromatic N) is 1. The van der Waals surface area contributed by atoms with E-state index in [0.717, 1.165) is 24.3 Å². The smallest absolute Gasteiger partial charge is 0.326 e. The van der Waals surface area contributed by atoms with E-state index in [0.29, 0.717) is 16.8 Å². The number of benzene rings is 5. The summed E-state index contributed by atoms with van der Waals surface area (Å²) in [5, 5.41) is 13.1. The highest BCUT2D eigenvalue weighted by Gasteiger charge is 2.37. The van der Waals surface area contributed by atoms with Crippen LogP contribution >= 0.6 is 0 Å². The number of nitrogens with one attached hydrogen (secondary N) is 1. The number of anilines is 1. The fourth-order valence-electron chi connectivity index (χ4n) is 5.69. The predicted octanol–water partition coefficient (Wildman–Crippen LogP) is 7.23. The molecular weight excluding hydrogens is 548 g/mol. The first-order valence-corrected chi connectivity index (χ1v) is 14.9. The molecule has 0 spiro atoms. The van der Waals surface area contributed by atoms with Gasteiger partial charge in [-0.3, -0.25) is 9.69 Å². The number of carbonyl (C=O) groups excluding carboxylic acids is 1. The third-order valence-electron chi connectivity index (χ3n) is 8.04. The molecule has 1 fully saturated rings. The van der Waals surface area contributed by atoms with Gasteiger partial charge in [0.1, 0.15) is 11.8 Å². The molecule has 0 aromatic heterocycles. The van der Waals surface area contributed by atoms with Crippen molar-refractivity contribution in [3.63, 3.8) is 0 Å². The number of carboxylic acid groups (broad SMARTS) is 1. The van der Waals surface area contributed by atoms with Crippen LogP contribution in [0.2, 0.25) is 0 Å². The summed E-state index contributed by atoms with van der Waals surface area (Å²) in [5.74, 6) is -0.418. The summed E-state index contributed by atoms with van der Waals surface area (Å²) in [7, 11) is 0. The third-order valence-corrected chi connectivity index (χ3v) is 8.04. The predicted molar refractivity (Wildman–Crippen MR) is 172 cm³/mol. The fourth-order valence-corrected chi connectivity index (χ4v) is 5.69. The van der Waals surface area contributed by atoms with Crippen LogP contribution in [0.25, 0.3) is 0 Å².